The topological polar surface area (TPSA) is 42.7 Å². The van der Waals surface area contributed by atoms with Crippen LogP contribution in [0.15, 0.2) is 0 Å². The lowest BCUT2D eigenvalue weighted by atomic mass is 10.1. The van der Waals surface area contributed by atoms with Crippen molar-refractivity contribution in [3.05, 3.63) is 11.6 Å². The van der Waals surface area contributed by atoms with Gasteiger partial charge in [-0.3, -0.25) is 0 Å². The van der Waals surface area contributed by atoms with Gasteiger partial charge in [0.15, 0.2) is 0 Å². The Hall–Kier alpha value is -0.900. The van der Waals surface area contributed by atoms with Crippen molar-refractivity contribution in [1.29, 1.82) is 0 Å². The van der Waals surface area contributed by atoms with Crippen molar-refractivity contribution in [2.45, 2.75) is 51.6 Å². The molecular formula is C12H20N4. The van der Waals surface area contributed by atoms with E-state index in [-0.39, 0.29) is 0 Å². The molecule has 1 unspecified atom stereocenters. The van der Waals surface area contributed by atoms with Gasteiger partial charge in [-0.15, -0.1) is 10.2 Å². The first-order valence-corrected chi connectivity index (χ1v) is 6.54. The molecular weight excluding hydrogens is 200 g/mol. The van der Waals surface area contributed by atoms with Gasteiger partial charge in [0.05, 0.1) is 6.04 Å². The monoisotopic (exact) mass is 220 g/mol. The lowest BCUT2D eigenvalue weighted by molar-refractivity contribution is 0.387. The Morgan fingerprint density at radius 3 is 3.00 bits per heavy atom. The molecule has 1 saturated carbocycles. The predicted molar refractivity (Wildman–Crippen MR) is 62.1 cm³/mol. The van der Waals surface area contributed by atoms with Crippen LogP contribution < -0.4 is 5.32 Å². The summed E-state index contributed by atoms with van der Waals surface area (Å²) in [7, 11) is 0. The van der Waals surface area contributed by atoms with Crippen LogP contribution in [0.4, 0.5) is 0 Å². The molecule has 1 aromatic rings. The number of nitrogens with zero attached hydrogens (tertiary/aromatic N) is 3. The number of hydrogen-bond acceptors (Lipinski definition) is 3. The van der Waals surface area contributed by atoms with Crippen LogP contribution in [0.5, 0.6) is 0 Å². The van der Waals surface area contributed by atoms with Crippen molar-refractivity contribution in [2.24, 2.45) is 5.92 Å². The molecule has 4 nitrogen and oxygen atoms in total. The molecule has 1 fully saturated rings. The van der Waals surface area contributed by atoms with Gasteiger partial charge in [0, 0.05) is 19.5 Å². The highest BCUT2D eigenvalue weighted by Crippen LogP contribution is 2.33. The molecule has 0 radical (unpaired) electrons. The summed E-state index contributed by atoms with van der Waals surface area (Å²) >= 11 is 0. The van der Waals surface area contributed by atoms with Gasteiger partial charge < -0.3 is 9.88 Å². The van der Waals surface area contributed by atoms with Crippen LogP contribution in [-0.2, 0) is 13.0 Å². The Morgan fingerprint density at radius 2 is 2.25 bits per heavy atom. The number of nitrogens with one attached hydrogen (secondary N) is 1. The van der Waals surface area contributed by atoms with Crippen LogP contribution in [0.1, 0.15) is 50.3 Å². The van der Waals surface area contributed by atoms with Crippen LogP contribution in [-0.4, -0.2) is 21.3 Å². The Morgan fingerprint density at radius 1 is 1.38 bits per heavy atom. The average Bonchev–Trinajstić information content (AvgIpc) is 3.01. The highest BCUT2D eigenvalue weighted by molar-refractivity contribution is 5.06. The third kappa shape index (κ3) is 1.86. The fraction of sp³-hybridized carbons (Fsp3) is 0.833. The lowest BCUT2D eigenvalue weighted by Gasteiger charge is -2.24. The molecule has 1 aliphatic carbocycles. The van der Waals surface area contributed by atoms with E-state index in [9.17, 15) is 0 Å². The summed E-state index contributed by atoms with van der Waals surface area (Å²) in [5.41, 5.74) is 0. The maximum absolute atomic E-state index is 4.39. The molecule has 0 bridgehead atoms. The van der Waals surface area contributed by atoms with Crippen LogP contribution in [0.3, 0.4) is 0 Å². The molecule has 1 N–H and O–H groups in total. The van der Waals surface area contributed by atoms with E-state index in [0.29, 0.717) is 6.04 Å². The predicted octanol–water partition coefficient (Wildman–Crippen LogP) is 1.67. The molecule has 2 aliphatic rings. The first-order chi connectivity index (χ1) is 7.88. The lowest BCUT2D eigenvalue weighted by Crippen LogP contribution is -2.34. The fourth-order valence-electron chi connectivity index (χ4n) is 2.54. The van der Waals surface area contributed by atoms with Crippen LogP contribution in [0.25, 0.3) is 0 Å². The zero-order chi connectivity index (χ0) is 11.0. The zero-order valence-electron chi connectivity index (χ0n) is 9.95. The molecule has 16 heavy (non-hydrogen) atoms. The van der Waals surface area contributed by atoms with Gasteiger partial charge in [-0.2, -0.15) is 0 Å². The van der Waals surface area contributed by atoms with Gasteiger partial charge in [0.2, 0.25) is 0 Å². The summed E-state index contributed by atoms with van der Waals surface area (Å²) in [6.45, 7) is 4.33. The van der Waals surface area contributed by atoms with Crippen molar-refractivity contribution in [3.63, 3.8) is 0 Å². The zero-order valence-corrected chi connectivity index (χ0v) is 9.95. The second kappa shape index (κ2) is 4.17. The summed E-state index contributed by atoms with van der Waals surface area (Å²) in [6, 6.07) is 0.430. The third-order valence-corrected chi connectivity index (χ3v) is 3.64. The smallest absolute Gasteiger partial charge is 0.150 e. The second-order valence-electron chi connectivity index (χ2n) is 5.07. The third-order valence-electron chi connectivity index (χ3n) is 3.64. The highest BCUT2D eigenvalue weighted by Gasteiger charge is 2.28. The minimum atomic E-state index is 0.430. The quantitative estimate of drug-likeness (QED) is 0.839. The molecule has 1 aliphatic heterocycles. The second-order valence-corrected chi connectivity index (χ2v) is 5.07. The molecule has 0 spiro atoms. The van der Waals surface area contributed by atoms with E-state index in [2.05, 4.69) is 27.0 Å². The SMILES string of the molecule is CCCC1NCCn2c(CC3CC3)nnc21. The van der Waals surface area contributed by atoms with Crippen molar-refractivity contribution < 1.29 is 0 Å². The van der Waals surface area contributed by atoms with Gasteiger partial charge in [-0.25, -0.2) is 0 Å². The van der Waals surface area contributed by atoms with Crippen LogP contribution in [0.2, 0.25) is 0 Å². The normalized spacial score (nSPS) is 24.4. The fourth-order valence-corrected chi connectivity index (χ4v) is 2.54. The van der Waals surface area contributed by atoms with Crippen molar-refractivity contribution in [3.8, 4) is 0 Å². The first-order valence-electron chi connectivity index (χ1n) is 6.54. The maximum atomic E-state index is 4.39. The van der Waals surface area contributed by atoms with E-state index in [4.69, 9.17) is 0 Å². The van der Waals surface area contributed by atoms with Crippen molar-refractivity contribution >= 4 is 0 Å². The first kappa shape index (κ1) is 10.3. The van der Waals surface area contributed by atoms with E-state index in [0.717, 1.165) is 25.4 Å². The van der Waals surface area contributed by atoms with Gasteiger partial charge in [-0.05, 0) is 25.2 Å². The van der Waals surface area contributed by atoms with Gasteiger partial charge in [0.25, 0.3) is 0 Å². The number of hydrogen-bond donors (Lipinski definition) is 1. The largest absolute Gasteiger partial charge is 0.312 e. The van der Waals surface area contributed by atoms with E-state index in [1.165, 1.54) is 37.3 Å². The number of rotatable bonds is 4. The molecule has 2 heterocycles. The van der Waals surface area contributed by atoms with Gasteiger partial charge >= 0.3 is 0 Å². The summed E-state index contributed by atoms with van der Waals surface area (Å²) in [5, 5.41) is 12.3. The molecule has 88 valence electrons. The minimum Gasteiger partial charge on any atom is -0.312 e. The van der Waals surface area contributed by atoms with Crippen molar-refractivity contribution in [1.82, 2.24) is 20.1 Å². The van der Waals surface area contributed by atoms with Crippen LogP contribution in [0, 0.1) is 5.92 Å². The van der Waals surface area contributed by atoms with E-state index >= 15 is 0 Å². The summed E-state index contributed by atoms with van der Waals surface area (Å²) in [6.07, 6.45) is 6.29. The van der Waals surface area contributed by atoms with E-state index < -0.39 is 0 Å². The summed E-state index contributed by atoms with van der Waals surface area (Å²) < 4.78 is 2.36. The Bertz CT molecular complexity index is 367. The molecule has 4 heteroatoms. The molecule has 1 aromatic heterocycles. The number of aromatic nitrogens is 3. The molecule has 0 amide bonds. The Balaban J connectivity index is 1.82. The molecule has 1 atom stereocenters. The highest BCUT2D eigenvalue weighted by atomic mass is 15.3. The molecule has 3 rings (SSSR count). The maximum Gasteiger partial charge on any atom is 0.150 e. The van der Waals surface area contributed by atoms with E-state index in [1.807, 2.05) is 0 Å². The van der Waals surface area contributed by atoms with Crippen molar-refractivity contribution in [2.75, 3.05) is 6.54 Å². The Kier molecular flexibility index (Phi) is 2.67. The molecule has 0 saturated heterocycles. The van der Waals surface area contributed by atoms with Gasteiger partial charge in [0.1, 0.15) is 11.6 Å². The molecule has 0 aromatic carbocycles. The number of fused-ring (bicyclic) bond motifs is 1. The summed E-state index contributed by atoms with van der Waals surface area (Å²) in [5.74, 6) is 3.29. The van der Waals surface area contributed by atoms with Gasteiger partial charge in [-0.1, -0.05) is 13.3 Å². The standard InChI is InChI=1S/C12H20N4/c1-2-3-10-12-15-14-11(8-9-4-5-9)16(12)7-6-13-10/h9-10,13H,2-8H2,1H3. The summed E-state index contributed by atoms with van der Waals surface area (Å²) in [4.78, 5) is 0. The minimum absolute atomic E-state index is 0.430. The van der Waals surface area contributed by atoms with E-state index in [1.54, 1.807) is 0 Å². The van der Waals surface area contributed by atoms with Crippen LogP contribution >= 0.6 is 0 Å². The Labute approximate surface area is 96.4 Å². The average molecular weight is 220 g/mol.